The van der Waals surface area contributed by atoms with Gasteiger partial charge in [0.1, 0.15) is 11.5 Å². The lowest BCUT2D eigenvalue weighted by Gasteiger charge is -2.29. The maximum atomic E-state index is 13.0. The van der Waals surface area contributed by atoms with Crippen molar-refractivity contribution in [1.29, 1.82) is 0 Å². The maximum Gasteiger partial charge on any atom is 0.513 e. The Hall–Kier alpha value is -3.54. The highest BCUT2D eigenvalue weighted by Gasteiger charge is 2.32. The van der Waals surface area contributed by atoms with Crippen LogP contribution in [0.3, 0.4) is 0 Å². The van der Waals surface area contributed by atoms with Crippen LogP contribution in [0, 0.1) is 0 Å². The van der Waals surface area contributed by atoms with Crippen molar-refractivity contribution in [2.45, 2.75) is 129 Å². The van der Waals surface area contributed by atoms with E-state index in [1.54, 1.807) is 0 Å². The Morgan fingerprint density at radius 2 is 0.870 bits per heavy atom. The number of hydrogen-bond donors (Lipinski definition) is 0. The Morgan fingerprint density at radius 3 is 1.28 bits per heavy atom. The first-order valence-corrected chi connectivity index (χ1v) is 17.9. The third kappa shape index (κ3) is 10.8. The lowest BCUT2D eigenvalue weighted by Crippen LogP contribution is -2.18. The molecule has 2 aromatic carbocycles. The molecule has 0 N–H and O–H groups in total. The van der Waals surface area contributed by atoms with Crippen molar-refractivity contribution in [2.24, 2.45) is 0 Å². The molecule has 0 saturated carbocycles. The highest BCUT2D eigenvalue weighted by molar-refractivity contribution is 6.09. The number of fused-ring (bicyclic) bond motifs is 2. The average Bonchev–Trinajstić information content (AvgIpc) is 3.07. The molecule has 0 radical (unpaired) electrons. The number of carbonyl (C=O) groups is 2. The van der Waals surface area contributed by atoms with E-state index >= 15 is 0 Å². The standard InChI is InChI=1S/C40H54O6/c1-3-5-7-9-11-13-19-29-43-39(41)45-35-27-25-31-21-15-17-23-33(31)37(35)38-34-24-18-16-22-32(34)26-28-36(38)46-40(42)44-30-20-14-12-10-8-6-4-2/h15-18,21-24H,3-14,19-20,25-30H2,1-2H3. The fourth-order valence-electron chi connectivity index (χ4n) is 6.45. The van der Waals surface area contributed by atoms with Crippen LogP contribution >= 0.6 is 0 Å². The third-order valence-electron chi connectivity index (χ3n) is 8.97. The Labute approximate surface area is 276 Å². The molecule has 0 atom stereocenters. The summed E-state index contributed by atoms with van der Waals surface area (Å²) in [4.78, 5) is 26.0. The second-order valence-electron chi connectivity index (χ2n) is 12.6. The van der Waals surface area contributed by atoms with Gasteiger partial charge in [0.25, 0.3) is 0 Å². The molecule has 6 nitrogen and oxygen atoms in total. The molecular weight excluding hydrogens is 576 g/mol. The van der Waals surface area contributed by atoms with Gasteiger partial charge in [-0.1, -0.05) is 139 Å². The summed E-state index contributed by atoms with van der Waals surface area (Å²) in [6.45, 7) is 5.12. The van der Waals surface area contributed by atoms with E-state index in [1.165, 1.54) is 51.4 Å². The van der Waals surface area contributed by atoms with Crippen molar-refractivity contribution in [3.05, 3.63) is 82.3 Å². The number of benzene rings is 2. The monoisotopic (exact) mass is 630 g/mol. The lowest BCUT2D eigenvalue weighted by atomic mass is 9.78. The average molecular weight is 631 g/mol. The molecule has 0 saturated heterocycles. The Kier molecular flexibility index (Phi) is 15.2. The largest absolute Gasteiger partial charge is 0.513 e. The number of allylic oxidation sites excluding steroid dienone is 4. The van der Waals surface area contributed by atoms with Crippen LogP contribution in [0.4, 0.5) is 9.59 Å². The van der Waals surface area contributed by atoms with Gasteiger partial charge in [0.05, 0.1) is 13.2 Å². The normalized spacial score (nSPS) is 14.0. The molecule has 0 heterocycles. The van der Waals surface area contributed by atoms with Crippen molar-refractivity contribution in [1.82, 2.24) is 0 Å². The van der Waals surface area contributed by atoms with Gasteiger partial charge in [0, 0.05) is 24.0 Å². The highest BCUT2D eigenvalue weighted by Crippen LogP contribution is 2.46. The van der Waals surface area contributed by atoms with Crippen LogP contribution in [0.25, 0.3) is 11.1 Å². The van der Waals surface area contributed by atoms with Crippen LogP contribution in [0.1, 0.15) is 139 Å². The first kappa shape index (κ1) is 35.3. The number of unbranched alkanes of at least 4 members (excludes halogenated alkanes) is 12. The molecule has 0 spiro atoms. The predicted octanol–water partition coefficient (Wildman–Crippen LogP) is 11.5. The van der Waals surface area contributed by atoms with Gasteiger partial charge in [-0.2, -0.15) is 0 Å². The molecule has 0 bridgehead atoms. The summed E-state index contributed by atoms with van der Waals surface area (Å²) in [7, 11) is 0. The molecule has 6 heteroatoms. The van der Waals surface area contributed by atoms with E-state index in [4.69, 9.17) is 18.9 Å². The van der Waals surface area contributed by atoms with E-state index in [0.717, 1.165) is 84.8 Å². The lowest BCUT2D eigenvalue weighted by molar-refractivity contribution is 0.0720. The molecule has 250 valence electrons. The number of rotatable bonds is 19. The van der Waals surface area contributed by atoms with Crippen molar-refractivity contribution in [3.63, 3.8) is 0 Å². The van der Waals surface area contributed by atoms with Gasteiger partial charge in [-0.3, -0.25) is 0 Å². The fraction of sp³-hybridized carbons (Fsp3) is 0.550. The maximum absolute atomic E-state index is 13.0. The molecule has 0 unspecified atom stereocenters. The molecule has 0 aliphatic heterocycles. The van der Waals surface area contributed by atoms with Gasteiger partial charge < -0.3 is 18.9 Å². The molecule has 0 fully saturated rings. The van der Waals surface area contributed by atoms with Gasteiger partial charge in [0.2, 0.25) is 0 Å². The SMILES string of the molecule is CCCCCCCCCOC(=O)OC1=C(C2=C(OC(=O)OCCCCCCCCC)CCc3ccccc32)c2ccccc2CC1. The van der Waals surface area contributed by atoms with Crippen LogP contribution in [-0.4, -0.2) is 25.5 Å². The zero-order valence-corrected chi connectivity index (χ0v) is 28.2. The first-order valence-electron chi connectivity index (χ1n) is 17.9. The summed E-state index contributed by atoms with van der Waals surface area (Å²) in [6, 6.07) is 16.4. The van der Waals surface area contributed by atoms with Crippen molar-refractivity contribution in [3.8, 4) is 0 Å². The number of ether oxygens (including phenoxy) is 4. The predicted molar refractivity (Wildman–Crippen MR) is 184 cm³/mol. The second kappa shape index (κ2) is 19.9. The molecule has 0 aromatic heterocycles. The molecule has 46 heavy (non-hydrogen) atoms. The Morgan fingerprint density at radius 1 is 0.500 bits per heavy atom. The summed E-state index contributed by atoms with van der Waals surface area (Å²) in [5.74, 6) is 1.10. The fourth-order valence-corrected chi connectivity index (χ4v) is 6.45. The molecular formula is C40H54O6. The summed E-state index contributed by atoms with van der Waals surface area (Å²) in [5, 5.41) is 0. The summed E-state index contributed by atoms with van der Waals surface area (Å²) >= 11 is 0. The summed E-state index contributed by atoms with van der Waals surface area (Å²) < 4.78 is 23.0. The van der Waals surface area contributed by atoms with Crippen molar-refractivity contribution in [2.75, 3.05) is 13.2 Å². The number of hydrogen-bond acceptors (Lipinski definition) is 6. The molecule has 0 amide bonds. The van der Waals surface area contributed by atoms with E-state index in [1.807, 2.05) is 24.3 Å². The van der Waals surface area contributed by atoms with Gasteiger partial charge >= 0.3 is 12.3 Å². The van der Waals surface area contributed by atoms with E-state index in [9.17, 15) is 9.59 Å². The minimum atomic E-state index is -0.681. The third-order valence-corrected chi connectivity index (χ3v) is 8.97. The van der Waals surface area contributed by atoms with Crippen LogP contribution in [0.2, 0.25) is 0 Å². The Balaban J connectivity index is 1.50. The van der Waals surface area contributed by atoms with E-state index < -0.39 is 12.3 Å². The zero-order valence-electron chi connectivity index (χ0n) is 28.2. The van der Waals surface area contributed by atoms with E-state index in [0.29, 0.717) is 37.6 Å². The van der Waals surface area contributed by atoms with Gasteiger partial charge in [0.15, 0.2) is 0 Å². The quantitative estimate of drug-likeness (QED) is 0.114. The Bertz CT molecular complexity index is 1220. The van der Waals surface area contributed by atoms with Crippen molar-refractivity contribution >= 4 is 23.5 Å². The van der Waals surface area contributed by atoms with Crippen LogP contribution in [0.5, 0.6) is 0 Å². The molecule has 2 aromatic rings. The topological polar surface area (TPSA) is 71.1 Å². The second-order valence-corrected chi connectivity index (χ2v) is 12.6. The highest BCUT2D eigenvalue weighted by atomic mass is 16.7. The van der Waals surface area contributed by atoms with Gasteiger partial charge in [-0.25, -0.2) is 9.59 Å². The summed E-state index contributed by atoms with van der Waals surface area (Å²) in [5.41, 5.74) is 5.87. The molecule has 2 aliphatic rings. The number of aryl methyl sites for hydroxylation is 2. The van der Waals surface area contributed by atoms with Crippen LogP contribution < -0.4 is 0 Å². The smallest absolute Gasteiger partial charge is 0.434 e. The van der Waals surface area contributed by atoms with E-state index in [2.05, 4.69) is 38.1 Å². The zero-order chi connectivity index (χ0) is 32.4. The van der Waals surface area contributed by atoms with Crippen molar-refractivity contribution < 1.29 is 28.5 Å². The van der Waals surface area contributed by atoms with Gasteiger partial charge in [-0.15, -0.1) is 0 Å². The summed E-state index contributed by atoms with van der Waals surface area (Å²) in [6.07, 6.45) is 17.2. The van der Waals surface area contributed by atoms with Crippen LogP contribution in [-0.2, 0) is 31.8 Å². The molecule has 4 rings (SSSR count). The number of carbonyl (C=O) groups excluding carboxylic acids is 2. The van der Waals surface area contributed by atoms with E-state index in [-0.39, 0.29) is 0 Å². The van der Waals surface area contributed by atoms with Crippen LogP contribution in [0.15, 0.2) is 60.0 Å². The van der Waals surface area contributed by atoms with Gasteiger partial charge in [-0.05, 0) is 47.9 Å². The first-order chi connectivity index (χ1) is 22.6. The minimum absolute atomic E-state index is 0.344. The molecule has 2 aliphatic carbocycles. The minimum Gasteiger partial charge on any atom is -0.434 e.